The van der Waals surface area contributed by atoms with Gasteiger partial charge in [-0.05, 0) is 48.9 Å². The zero-order chi connectivity index (χ0) is 21.5. The highest BCUT2D eigenvalue weighted by atomic mass is 32.2. The summed E-state index contributed by atoms with van der Waals surface area (Å²) in [5.74, 6) is 1.45. The topological polar surface area (TPSA) is 77.5 Å². The summed E-state index contributed by atoms with van der Waals surface area (Å²) in [5, 5.41) is 4.71. The van der Waals surface area contributed by atoms with Gasteiger partial charge >= 0.3 is 0 Å². The molecule has 0 fully saturated rings. The number of methoxy groups -OCH3 is 2. The molecule has 3 aromatic rings. The van der Waals surface area contributed by atoms with E-state index in [0.29, 0.717) is 28.4 Å². The van der Waals surface area contributed by atoms with E-state index in [1.54, 1.807) is 38.5 Å². The normalized spacial score (nSPS) is 10.5. The lowest BCUT2D eigenvalue weighted by Gasteiger charge is -2.10. The van der Waals surface area contributed by atoms with Crippen LogP contribution in [0.25, 0.3) is 0 Å². The van der Waals surface area contributed by atoms with Gasteiger partial charge in [-0.15, -0.1) is 11.3 Å². The maximum absolute atomic E-state index is 12.4. The molecule has 3 rings (SSSR count). The number of hydrogen-bond acceptors (Lipinski definition) is 7. The number of nitrogens with one attached hydrogen (secondary N) is 1. The highest BCUT2D eigenvalue weighted by Gasteiger charge is 2.13. The largest absolute Gasteiger partial charge is 0.497 e. The summed E-state index contributed by atoms with van der Waals surface area (Å²) in [6, 6.07) is 12.6. The number of nitrogens with zero attached hydrogens (tertiary/aromatic N) is 1. The number of carbonyl (C=O) groups is 2. The highest BCUT2D eigenvalue weighted by Crippen LogP contribution is 2.27. The molecule has 1 N–H and O–H groups in total. The first-order chi connectivity index (χ1) is 14.5. The number of carbonyl (C=O) groups excluding carboxylic acids is 2. The minimum atomic E-state index is -0.171. The van der Waals surface area contributed by atoms with E-state index in [1.807, 2.05) is 30.5 Å². The number of ketones is 1. The quantitative estimate of drug-likeness (QED) is 0.385. The fraction of sp³-hybridized carbons (Fsp3) is 0.227. The van der Waals surface area contributed by atoms with Crippen LogP contribution in [0.4, 0.5) is 5.69 Å². The summed E-state index contributed by atoms with van der Waals surface area (Å²) in [6.07, 6.45) is 0.153. The zero-order valence-corrected chi connectivity index (χ0v) is 18.6. The van der Waals surface area contributed by atoms with Crippen molar-refractivity contribution in [1.82, 2.24) is 4.98 Å². The van der Waals surface area contributed by atoms with Gasteiger partial charge in [-0.2, -0.15) is 0 Å². The lowest BCUT2D eigenvalue weighted by molar-refractivity contribution is -0.115. The average Bonchev–Trinajstić information content (AvgIpc) is 3.19. The molecule has 1 amide bonds. The van der Waals surface area contributed by atoms with Gasteiger partial charge in [0.1, 0.15) is 11.5 Å². The standard InChI is InChI=1S/C22H22N2O4S2/c1-14-4-9-20(28-3)18(10-14)24-21(26)11-16-12-29-22(23-16)30-13-19(25)15-5-7-17(27-2)8-6-15/h4-10,12H,11,13H2,1-3H3,(H,24,26). The lowest BCUT2D eigenvalue weighted by atomic mass is 10.1. The Bertz CT molecular complexity index is 1030. The maximum atomic E-state index is 12.4. The zero-order valence-electron chi connectivity index (χ0n) is 16.9. The molecule has 0 radical (unpaired) electrons. The van der Waals surface area contributed by atoms with Crippen LogP contribution in [0.2, 0.25) is 0 Å². The molecular formula is C22H22N2O4S2. The van der Waals surface area contributed by atoms with Crippen LogP contribution < -0.4 is 14.8 Å². The summed E-state index contributed by atoms with van der Waals surface area (Å²) < 4.78 is 11.2. The van der Waals surface area contributed by atoms with Gasteiger partial charge in [-0.25, -0.2) is 4.98 Å². The molecule has 2 aromatic carbocycles. The minimum absolute atomic E-state index is 0.0173. The molecule has 0 saturated heterocycles. The first-order valence-corrected chi connectivity index (χ1v) is 11.0. The summed E-state index contributed by atoms with van der Waals surface area (Å²) in [7, 11) is 3.15. The van der Waals surface area contributed by atoms with E-state index in [9.17, 15) is 9.59 Å². The van der Waals surface area contributed by atoms with Crippen LogP contribution in [0.15, 0.2) is 52.2 Å². The van der Waals surface area contributed by atoms with Gasteiger partial charge in [0.25, 0.3) is 0 Å². The van der Waals surface area contributed by atoms with Crippen LogP contribution in [0.5, 0.6) is 11.5 Å². The molecule has 0 saturated carbocycles. The molecule has 0 aliphatic carbocycles. The summed E-state index contributed by atoms with van der Waals surface area (Å²) in [6.45, 7) is 1.95. The van der Waals surface area contributed by atoms with E-state index in [2.05, 4.69) is 10.3 Å². The predicted octanol–water partition coefficient (Wildman–Crippen LogP) is 4.62. The third-order valence-corrected chi connectivity index (χ3v) is 6.31. The second-order valence-corrected chi connectivity index (χ2v) is 8.55. The Morgan fingerprint density at radius 2 is 1.87 bits per heavy atom. The van der Waals surface area contributed by atoms with E-state index in [4.69, 9.17) is 9.47 Å². The number of benzene rings is 2. The number of Topliss-reactive ketones (excluding diaryl/α,β-unsaturated/α-hetero) is 1. The Labute approximate surface area is 183 Å². The summed E-state index contributed by atoms with van der Waals surface area (Å²) in [5.41, 5.74) is 2.97. The van der Waals surface area contributed by atoms with E-state index in [1.165, 1.54) is 23.1 Å². The Morgan fingerprint density at radius 3 is 2.57 bits per heavy atom. The lowest BCUT2D eigenvalue weighted by Crippen LogP contribution is -2.15. The molecule has 0 aliphatic heterocycles. The molecule has 0 spiro atoms. The van der Waals surface area contributed by atoms with Gasteiger partial charge in [0, 0.05) is 10.9 Å². The van der Waals surface area contributed by atoms with Gasteiger partial charge < -0.3 is 14.8 Å². The number of amides is 1. The number of thiazole rings is 1. The van der Waals surface area contributed by atoms with Crippen LogP contribution in [-0.2, 0) is 11.2 Å². The number of aryl methyl sites for hydroxylation is 1. The van der Waals surface area contributed by atoms with Crippen molar-refractivity contribution >= 4 is 40.5 Å². The van der Waals surface area contributed by atoms with E-state index >= 15 is 0 Å². The summed E-state index contributed by atoms with van der Waals surface area (Å²) in [4.78, 5) is 29.2. The molecular weight excluding hydrogens is 420 g/mol. The Kier molecular flexibility index (Phi) is 7.48. The number of aromatic nitrogens is 1. The first kappa shape index (κ1) is 21.9. The average molecular weight is 443 g/mol. The molecule has 0 aliphatic rings. The highest BCUT2D eigenvalue weighted by molar-refractivity contribution is 8.01. The number of hydrogen-bond donors (Lipinski definition) is 1. The molecule has 0 unspecified atom stereocenters. The van der Waals surface area contributed by atoms with Crippen molar-refractivity contribution in [3.05, 3.63) is 64.7 Å². The molecule has 8 heteroatoms. The van der Waals surface area contributed by atoms with Gasteiger partial charge in [-0.1, -0.05) is 17.8 Å². The van der Waals surface area contributed by atoms with Crippen molar-refractivity contribution in [3.63, 3.8) is 0 Å². The molecule has 6 nitrogen and oxygen atoms in total. The maximum Gasteiger partial charge on any atom is 0.230 e. The van der Waals surface area contributed by atoms with Crippen LogP contribution in [0, 0.1) is 6.92 Å². The van der Waals surface area contributed by atoms with Crippen LogP contribution in [0.1, 0.15) is 21.6 Å². The first-order valence-electron chi connectivity index (χ1n) is 9.17. The molecule has 0 bridgehead atoms. The Hall–Kier alpha value is -2.84. The van der Waals surface area contributed by atoms with Gasteiger partial charge in [0.2, 0.25) is 5.91 Å². The van der Waals surface area contributed by atoms with Crippen LogP contribution in [-0.4, -0.2) is 36.6 Å². The predicted molar refractivity (Wildman–Crippen MR) is 120 cm³/mol. The van der Waals surface area contributed by atoms with Crippen LogP contribution in [0.3, 0.4) is 0 Å². The second-order valence-electron chi connectivity index (χ2n) is 6.47. The van der Waals surface area contributed by atoms with Crippen molar-refractivity contribution in [2.24, 2.45) is 0 Å². The van der Waals surface area contributed by atoms with Crippen molar-refractivity contribution in [3.8, 4) is 11.5 Å². The second kappa shape index (κ2) is 10.3. The molecule has 30 heavy (non-hydrogen) atoms. The number of anilines is 1. The van der Waals surface area contributed by atoms with E-state index in [0.717, 1.165) is 9.90 Å². The fourth-order valence-electron chi connectivity index (χ4n) is 2.70. The number of rotatable bonds is 9. The minimum Gasteiger partial charge on any atom is -0.497 e. The third kappa shape index (κ3) is 5.84. The smallest absolute Gasteiger partial charge is 0.230 e. The Morgan fingerprint density at radius 1 is 1.10 bits per heavy atom. The molecule has 1 aromatic heterocycles. The van der Waals surface area contributed by atoms with E-state index < -0.39 is 0 Å². The van der Waals surface area contributed by atoms with Crippen molar-refractivity contribution in [2.75, 3.05) is 25.3 Å². The van der Waals surface area contributed by atoms with Gasteiger partial charge in [-0.3, -0.25) is 9.59 Å². The van der Waals surface area contributed by atoms with Crippen molar-refractivity contribution < 1.29 is 19.1 Å². The fourth-order valence-corrected chi connectivity index (χ4v) is 4.44. The number of ether oxygens (including phenoxy) is 2. The van der Waals surface area contributed by atoms with Gasteiger partial charge in [0.15, 0.2) is 10.1 Å². The van der Waals surface area contributed by atoms with Crippen molar-refractivity contribution in [2.45, 2.75) is 17.7 Å². The monoisotopic (exact) mass is 442 g/mol. The van der Waals surface area contributed by atoms with Crippen molar-refractivity contribution in [1.29, 1.82) is 0 Å². The van der Waals surface area contributed by atoms with E-state index in [-0.39, 0.29) is 23.9 Å². The Balaban J connectivity index is 1.54. The van der Waals surface area contributed by atoms with Crippen LogP contribution >= 0.6 is 23.1 Å². The third-order valence-electron chi connectivity index (χ3n) is 4.24. The molecule has 1 heterocycles. The molecule has 0 atom stereocenters. The van der Waals surface area contributed by atoms with Gasteiger partial charge in [0.05, 0.1) is 37.8 Å². The number of thioether (sulfide) groups is 1. The SMILES string of the molecule is COc1ccc(C(=O)CSc2nc(CC(=O)Nc3cc(C)ccc3OC)cs2)cc1. The molecule has 156 valence electrons. The summed E-state index contributed by atoms with van der Waals surface area (Å²) >= 11 is 2.79.